The van der Waals surface area contributed by atoms with Gasteiger partial charge in [-0.25, -0.2) is 13.1 Å². The monoisotopic (exact) mass is 506 g/mol. The highest BCUT2D eigenvalue weighted by Crippen LogP contribution is 2.23. The van der Waals surface area contributed by atoms with E-state index in [-0.39, 0.29) is 17.6 Å². The van der Waals surface area contributed by atoms with Crippen LogP contribution in [0.1, 0.15) is 17.7 Å². The third-order valence-corrected chi connectivity index (χ3v) is 8.32. The lowest BCUT2D eigenvalue weighted by Gasteiger charge is -2.35. The molecule has 9 nitrogen and oxygen atoms in total. The van der Waals surface area contributed by atoms with Gasteiger partial charge in [-0.15, -0.1) is 11.3 Å². The Morgan fingerprint density at radius 2 is 2.03 bits per heavy atom. The summed E-state index contributed by atoms with van der Waals surface area (Å²) in [6, 6.07) is 2.09. The number of halogens is 1. The Kier molecular flexibility index (Phi) is 8.93. The number of sulfonamides is 1. The summed E-state index contributed by atoms with van der Waals surface area (Å²) in [6.45, 7) is 2.96. The molecular weight excluding hydrogens is 476 g/mol. The number of hydrogen-bond acceptors (Lipinski definition) is 7. The molecular formula is C20H31ClN4O5S2. The van der Waals surface area contributed by atoms with Crippen LogP contribution in [0.25, 0.3) is 0 Å². The lowest BCUT2D eigenvalue weighted by atomic mass is 10.1. The Labute approximate surface area is 198 Å². The quantitative estimate of drug-likeness (QED) is 0.500. The van der Waals surface area contributed by atoms with Crippen molar-refractivity contribution >= 4 is 44.8 Å². The van der Waals surface area contributed by atoms with E-state index in [0.717, 1.165) is 4.88 Å². The minimum Gasteiger partial charge on any atom is -0.378 e. The number of amides is 2. The van der Waals surface area contributed by atoms with E-state index in [4.69, 9.17) is 16.3 Å². The van der Waals surface area contributed by atoms with Gasteiger partial charge in [-0.3, -0.25) is 9.59 Å². The van der Waals surface area contributed by atoms with Gasteiger partial charge < -0.3 is 19.4 Å². The number of ether oxygens (including phenoxy) is 1. The molecule has 0 aliphatic carbocycles. The van der Waals surface area contributed by atoms with Gasteiger partial charge in [-0.05, 0) is 52.0 Å². The molecule has 3 heterocycles. The number of nitrogens with one attached hydrogen (secondary N) is 1. The summed E-state index contributed by atoms with van der Waals surface area (Å²) in [5.41, 5.74) is 0. The minimum atomic E-state index is -3.66. The maximum absolute atomic E-state index is 13.2. The zero-order valence-corrected chi connectivity index (χ0v) is 20.8. The topological polar surface area (TPSA) is 99.3 Å². The number of carbonyl (C=O) groups excluding carboxylic acids is 2. The molecule has 2 aliphatic heterocycles. The Hall–Kier alpha value is -1.24. The van der Waals surface area contributed by atoms with Crippen LogP contribution < -0.4 is 4.72 Å². The van der Waals surface area contributed by atoms with Crippen molar-refractivity contribution < 1.29 is 22.7 Å². The Bertz CT molecular complexity index is 902. The average Bonchev–Trinajstić information content (AvgIpc) is 3.33. The number of thiophene rings is 1. The molecule has 0 unspecified atom stereocenters. The summed E-state index contributed by atoms with van der Waals surface area (Å²) in [7, 11) is 0.176. The van der Waals surface area contributed by atoms with Crippen molar-refractivity contribution in [3.63, 3.8) is 0 Å². The standard InChI is InChI=1S/C20H31ClN4O5S2/c1-23(2)8-6-17(20(27)24-10-12-30-13-11-24)25-9-5-16(19(25)26)22-32(28,29)14-7-15-3-4-18(21)31-15/h3-4,16-17,22H,5-14H2,1-2H3/t16-,17-/m0/s1. The van der Waals surface area contributed by atoms with Gasteiger partial charge >= 0.3 is 0 Å². The summed E-state index contributed by atoms with van der Waals surface area (Å²) in [6.07, 6.45) is 1.17. The molecule has 0 bridgehead atoms. The van der Waals surface area contributed by atoms with E-state index in [1.165, 1.54) is 11.3 Å². The van der Waals surface area contributed by atoms with Crippen molar-refractivity contribution in [3.8, 4) is 0 Å². The van der Waals surface area contributed by atoms with Crippen LogP contribution in [-0.2, 0) is 30.8 Å². The third-order valence-electron chi connectivity index (χ3n) is 5.64. The first-order valence-corrected chi connectivity index (χ1v) is 13.6. The first kappa shape index (κ1) is 25.4. The van der Waals surface area contributed by atoms with Gasteiger partial charge in [-0.2, -0.15) is 0 Å². The van der Waals surface area contributed by atoms with E-state index in [9.17, 15) is 18.0 Å². The fraction of sp³-hybridized carbons (Fsp3) is 0.700. The maximum atomic E-state index is 13.2. The predicted octanol–water partition coefficient (Wildman–Crippen LogP) is 0.643. The molecule has 12 heteroatoms. The van der Waals surface area contributed by atoms with Crippen LogP contribution in [-0.4, -0.2) is 106 Å². The average molecular weight is 507 g/mol. The molecule has 1 aromatic rings. The normalized spacial score (nSPS) is 20.9. The number of morpholine rings is 1. The molecule has 180 valence electrons. The lowest BCUT2D eigenvalue weighted by molar-refractivity contribution is -0.147. The van der Waals surface area contributed by atoms with Crippen molar-refractivity contribution in [1.29, 1.82) is 0 Å². The van der Waals surface area contributed by atoms with Gasteiger partial charge in [0.05, 0.1) is 23.3 Å². The highest BCUT2D eigenvalue weighted by Gasteiger charge is 2.41. The molecule has 1 aromatic heterocycles. The fourth-order valence-corrected chi connectivity index (χ4v) is 6.38. The van der Waals surface area contributed by atoms with Gasteiger partial charge in [0.1, 0.15) is 12.1 Å². The molecule has 0 saturated carbocycles. The van der Waals surface area contributed by atoms with Crippen molar-refractivity contribution in [2.75, 3.05) is 59.2 Å². The summed E-state index contributed by atoms with van der Waals surface area (Å²) < 4.78 is 33.7. The van der Waals surface area contributed by atoms with E-state index in [1.54, 1.807) is 21.9 Å². The van der Waals surface area contributed by atoms with Crippen molar-refractivity contribution in [2.45, 2.75) is 31.3 Å². The van der Waals surface area contributed by atoms with Crippen LogP contribution in [0.15, 0.2) is 12.1 Å². The Morgan fingerprint density at radius 1 is 1.31 bits per heavy atom. The van der Waals surface area contributed by atoms with Crippen molar-refractivity contribution in [1.82, 2.24) is 19.4 Å². The number of carbonyl (C=O) groups is 2. The minimum absolute atomic E-state index is 0.0958. The van der Waals surface area contributed by atoms with E-state index in [2.05, 4.69) is 4.72 Å². The second-order valence-electron chi connectivity index (χ2n) is 8.31. The molecule has 0 spiro atoms. The smallest absolute Gasteiger partial charge is 0.245 e. The first-order chi connectivity index (χ1) is 15.2. The van der Waals surface area contributed by atoms with Gasteiger partial charge in [0.25, 0.3) is 0 Å². The van der Waals surface area contributed by atoms with E-state index < -0.39 is 22.1 Å². The molecule has 0 aromatic carbocycles. The molecule has 32 heavy (non-hydrogen) atoms. The van der Waals surface area contributed by atoms with E-state index >= 15 is 0 Å². The zero-order chi connectivity index (χ0) is 23.3. The SMILES string of the molecule is CN(C)CC[C@@H](C(=O)N1CCOCC1)N1CC[C@H](NS(=O)(=O)CCc2ccc(Cl)s2)C1=O. The number of nitrogens with zero attached hydrogens (tertiary/aromatic N) is 3. The van der Waals surface area contributed by atoms with E-state index in [1.807, 2.05) is 19.0 Å². The maximum Gasteiger partial charge on any atom is 0.245 e. The second-order valence-corrected chi connectivity index (χ2v) is 12.0. The number of rotatable bonds is 10. The van der Waals surface area contributed by atoms with Crippen LogP contribution in [0, 0.1) is 0 Å². The van der Waals surface area contributed by atoms with Crippen LogP contribution in [0.5, 0.6) is 0 Å². The second kappa shape index (κ2) is 11.3. The van der Waals surface area contributed by atoms with Gasteiger partial charge in [0.15, 0.2) is 0 Å². The number of likely N-dealkylation sites (tertiary alicyclic amines) is 1. The highest BCUT2D eigenvalue weighted by molar-refractivity contribution is 7.89. The van der Waals surface area contributed by atoms with Gasteiger partial charge in [0, 0.05) is 24.5 Å². The summed E-state index contributed by atoms with van der Waals surface area (Å²) in [5.74, 6) is -0.551. The highest BCUT2D eigenvalue weighted by atomic mass is 35.5. The van der Waals surface area contributed by atoms with Crippen molar-refractivity contribution in [2.24, 2.45) is 0 Å². The lowest BCUT2D eigenvalue weighted by Crippen LogP contribution is -2.54. The summed E-state index contributed by atoms with van der Waals surface area (Å²) in [4.78, 5) is 32.4. The molecule has 3 rings (SSSR count). The van der Waals surface area contributed by atoms with Crippen LogP contribution >= 0.6 is 22.9 Å². The molecule has 2 saturated heterocycles. The zero-order valence-electron chi connectivity index (χ0n) is 18.5. The molecule has 1 N–H and O–H groups in total. The molecule has 2 atom stereocenters. The van der Waals surface area contributed by atoms with Gasteiger partial charge in [0.2, 0.25) is 21.8 Å². The largest absolute Gasteiger partial charge is 0.378 e. The Morgan fingerprint density at radius 3 is 2.66 bits per heavy atom. The summed E-state index contributed by atoms with van der Waals surface area (Å²) in [5, 5.41) is 0. The van der Waals surface area contributed by atoms with E-state index in [0.29, 0.717) is 63.0 Å². The van der Waals surface area contributed by atoms with Crippen LogP contribution in [0.2, 0.25) is 4.34 Å². The van der Waals surface area contributed by atoms with Crippen LogP contribution in [0.4, 0.5) is 0 Å². The summed E-state index contributed by atoms with van der Waals surface area (Å²) >= 11 is 7.25. The predicted molar refractivity (Wildman–Crippen MR) is 124 cm³/mol. The molecule has 2 amide bonds. The molecule has 0 radical (unpaired) electrons. The number of aryl methyl sites for hydroxylation is 1. The number of hydrogen-bond donors (Lipinski definition) is 1. The third kappa shape index (κ3) is 6.88. The fourth-order valence-electron chi connectivity index (χ4n) is 3.91. The molecule has 2 fully saturated rings. The van der Waals surface area contributed by atoms with Crippen LogP contribution in [0.3, 0.4) is 0 Å². The Balaban J connectivity index is 1.63. The van der Waals surface area contributed by atoms with Crippen molar-refractivity contribution in [3.05, 3.63) is 21.3 Å². The first-order valence-electron chi connectivity index (χ1n) is 10.7. The van der Waals surface area contributed by atoms with Gasteiger partial charge in [-0.1, -0.05) is 11.6 Å². The molecule has 2 aliphatic rings.